The van der Waals surface area contributed by atoms with Crippen LogP contribution >= 0.6 is 0 Å². The van der Waals surface area contributed by atoms with Gasteiger partial charge in [0.15, 0.2) is 6.54 Å². The number of carbonyl (C=O) groups is 3. The molecule has 0 aliphatic carbocycles. The molecule has 1 aliphatic heterocycles. The van der Waals surface area contributed by atoms with Gasteiger partial charge >= 0.3 is 0 Å². The number of anilines is 3. The molecule has 1 fully saturated rings. The van der Waals surface area contributed by atoms with Crippen LogP contribution in [0.3, 0.4) is 0 Å². The number of carbonyl (C=O) groups excluding carboxylic acids is 3. The lowest BCUT2D eigenvalue weighted by molar-refractivity contribution is -0.897. The average molecular weight is 395 g/mol. The van der Waals surface area contributed by atoms with Crippen LogP contribution in [0.2, 0.25) is 0 Å². The highest BCUT2D eigenvalue weighted by Gasteiger charge is 2.28. The molecule has 1 saturated heterocycles. The fraction of sp³-hybridized carbons (Fsp3) is 0.318. The van der Waals surface area contributed by atoms with Crippen LogP contribution in [-0.4, -0.2) is 37.4 Å². The summed E-state index contributed by atoms with van der Waals surface area (Å²) >= 11 is 0. The number of likely N-dealkylation sites (tertiary alicyclic amines) is 1. The van der Waals surface area contributed by atoms with Gasteiger partial charge in [-0.3, -0.25) is 14.4 Å². The number of hydrogen-bond acceptors (Lipinski definition) is 3. The zero-order valence-corrected chi connectivity index (χ0v) is 16.5. The van der Waals surface area contributed by atoms with E-state index in [1.54, 1.807) is 24.3 Å². The van der Waals surface area contributed by atoms with E-state index in [1.807, 2.05) is 30.3 Å². The molecule has 4 N–H and O–H groups in total. The van der Waals surface area contributed by atoms with Crippen molar-refractivity contribution in [1.82, 2.24) is 0 Å². The molecule has 2 aromatic rings. The summed E-state index contributed by atoms with van der Waals surface area (Å²) in [6, 6.07) is 16.5. The molecule has 0 unspecified atom stereocenters. The summed E-state index contributed by atoms with van der Waals surface area (Å²) in [6.07, 6.45) is 1.54. The third-order valence-corrected chi connectivity index (χ3v) is 5.00. The monoisotopic (exact) mass is 395 g/mol. The number of rotatable bonds is 6. The summed E-state index contributed by atoms with van der Waals surface area (Å²) in [7, 11) is 0. The van der Waals surface area contributed by atoms with Crippen molar-refractivity contribution in [2.24, 2.45) is 5.92 Å². The first-order chi connectivity index (χ1) is 14.0. The maximum absolute atomic E-state index is 12.4. The van der Waals surface area contributed by atoms with Gasteiger partial charge in [0.05, 0.1) is 13.1 Å². The Bertz CT molecular complexity index is 844. The molecular weight excluding hydrogens is 368 g/mol. The minimum atomic E-state index is -0.133. The molecule has 152 valence electrons. The first-order valence-electron chi connectivity index (χ1n) is 9.86. The second-order valence-electron chi connectivity index (χ2n) is 7.36. The van der Waals surface area contributed by atoms with Gasteiger partial charge in [-0.2, -0.15) is 0 Å². The van der Waals surface area contributed by atoms with Gasteiger partial charge in [-0.25, -0.2) is 0 Å². The molecule has 7 heteroatoms. The van der Waals surface area contributed by atoms with Crippen LogP contribution in [0.4, 0.5) is 17.1 Å². The Balaban J connectivity index is 1.41. The molecule has 0 spiro atoms. The maximum atomic E-state index is 12.4. The summed E-state index contributed by atoms with van der Waals surface area (Å²) in [4.78, 5) is 37.0. The van der Waals surface area contributed by atoms with E-state index in [2.05, 4.69) is 16.0 Å². The number of quaternary nitrogens is 1. The quantitative estimate of drug-likeness (QED) is 0.598. The van der Waals surface area contributed by atoms with E-state index in [-0.39, 0.29) is 23.6 Å². The number of para-hydroxylation sites is 1. The second-order valence-corrected chi connectivity index (χ2v) is 7.36. The van der Waals surface area contributed by atoms with Crippen molar-refractivity contribution in [3.63, 3.8) is 0 Å². The van der Waals surface area contributed by atoms with Gasteiger partial charge in [-0.1, -0.05) is 18.2 Å². The standard InChI is InChI=1S/C22H26N4O3/c1-16(27)23-19-7-9-20(10-8-19)24-21(28)15-26-13-11-17(12-14-26)22(29)25-18-5-3-2-4-6-18/h2-10,17H,11-15H2,1H3,(H,23,27)(H,24,28)(H,25,29)/p+1. The van der Waals surface area contributed by atoms with Crippen molar-refractivity contribution in [1.29, 1.82) is 0 Å². The summed E-state index contributed by atoms with van der Waals surface area (Å²) in [6.45, 7) is 3.41. The highest BCUT2D eigenvalue weighted by molar-refractivity contribution is 5.93. The van der Waals surface area contributed by atoms with Crippen LogP contribution in [0.5, 0.6) is 0 Å². The summed E-state index contributed by atoms with van der Waals surface area (Å²) in [5, 5.41) is 8.54. The SMILES string of the molecule is CC(=O)Nc1ccc(NC(=O)C[NH+]2CCC(C(=O)Nc3ccccc3)CC2)cc1. The van der Waals surface area contributed by atoms with Gasteiger partial charge in [0.25, 0.3) is 5.91 Å². The van der Waals surface area contributed by atoms with Crippen LogP contribution in [0, 0.1) is 5.92 Å². The average Bonchev–Trinajstić information content (AvgIpc) is 2.70. The highest BCUT2D eigenvalue weighted by Crippen LogP contribution is 2.15. The van der Waals surface area contributed by atoms with E-state index in [4.69, 9.17) is 0 Å². The lowest BCUT2D eigenvalue weighted by Gasteiger charge is -2.28. The van der Waals surface area contributed by atoms with Crippen molar-refractivity contribution in [3.8, 4) is 0 Å². The first kappa shape index (κ1) is 20.5. The minimum absolute atomic E-state index is 0.0108. The Kier molecular flexibility index (Phi) is 6.97. The van der Waals surface area contributed by atoms with Crippen molar-refractivity contribution >= 4 is 34.8 Å². The van der Waals surface area contributed by atoms with Gasteiger partial charge < -0.3 is 20.9 Å². The van der Waals surface area contributed by atoms with Crippen LogP contribution in [0.25, 0.3) is 0 Å². The zero-order chi connectivity index (χ0) is 20.6. The van der Waals surface area contributed by atoms with Crippen molar-refractivity contribution in [2.45, 2.75) is 19.8 Å². The molecule has 7 nitrogen and oxygen atoms in total. The molecule has 3 rings (SSSR count). The summed E-state index contributed by atoms with van der Waals surface area (Å²) in [5.41, 5.74) is 2.20. The molecule has 0 saturated carbocycles. The third kappa shape index (κ3) is 6.43. The number of amides is 3. The lowest BCUT2D eigenvalue weighted by atomic mass is 9.96. The van der Waals surface area contributed by atoms with Crippen molar-refractivity contribution in [3.05, 3.63) is 54.6 Å². The van der Waals surface area contributed by atoms with Crippen LogP contribution in [0.1, 0.15) is 19.8 Å². The van der Waals surface area contributed by atoms with E-state index >= 15 is 0 Å². The number of hydrogen-bond donors (Lipinski definition) is 4. The van der Waals surface area contributed by atoms with Gasteiger partial charge in [-0.05, 0) is 36.4 Å². The van der Waals surface area contributed by atoms with E-state index in [9.17, 15) is 14.4 Å². The van der Waals surface area contributed by atoms with Crippen LogP contribution in [-0.2, 0) is 14.4 Å². The molecule has 0 atom stereocenters. The topological polar surface area (TPSA) is 91.7 Å². The zero-order valence-electron chi connectivity index (χ0n) is 16.5. The van der Waals surface area contributed by atoms with Crippen molar-refractivity contribution in [2.75, 3.05) is 35.6 Å². The normalized spacial score (nSPS) is 18.5. The summed E-state index contributed by atoms with van der Waals surface area (Å²) < 4.78 is 0. The van der Waals surface area contributed by atoms with E-state index in [0.29, 0.717) is 17.9 Å². The number of nitrogens with one attached hydrogen (secondary N) is 4. The lowest BCUT2D eigenvalue weighted by Crippen LogP contribution is -3.14. The fourth-order valence-electron chi connectivity index (χ4n) is 3.50. The van der Waals surface area contributed by atoms with Crippen molar-refractivity contribution < 1.29 is 19.3 Å². The Morgan fingerprint density at radius 1 is 0.828 bits per heavy atom. The van der Waals surface area contributed by atoms with Gasteiger partial charge in [0.2, 0.25) is 11.8 Å². The predicted molar refractivity (Wildman–Crippen MR) is 113 cm³/mol. The maximum Gasteiger partial charge on any atom is 0.279 e. The number of piperidine rings is 1. The fourth-order valence-corrected chi connectivity index (χ4v) is 3.50. The highest BCUT2D eigenvalue weighted by atomic mass is 16.2. The number of benzene rings is 2. The van der Waals surface area contributed by atoms with Gasteiger partial charge in [0, 0.05) is 42.7 Å². The summed E-state index contributed by atoms with van der Waals surface area (Å²) in [5.74, 6) is -0.145. The molecule has 1 aliphatic rings. The van der Waals surface area contributed by atoms with Gasteiger partial charge in [-0.15, -0.1) is 0 Å². The van der Waals surface area contributed by atoms with Crippen LogP contribution in [0.15, 0.2) is 54.6 Å². The molecule has 1 heterocycles. The smallest absolute Gasteiger partial charge is 0.279 e. The first-order valence-corrected chi connectivity index (χ1v) is 9.86. The molecule has 0 bridgehead atoms. The van der Waals surface area contributed by atoms with Gasteiger partial charge in [0.1, 0.15) is 0 Å². The molecule has 0 radical (unpaired) electrons. The molecular formula is C22H27N4O3+. The second kappa shape index (κ2) is 9.84. The Morgan fingerprint density at radius 2 is 1.38 bits per heavy atom. The van der Waals surface area contributed by atoms with E-state index < -0.39 is 0 Å². The predicted octanol–water partition coefficient (Wildman–Crippen LogP) is 1.52. The Labute approximate surface area is 170 Å². The largest absolute Gasteiger partial charge is 0.327 e. The minimum Gasteiger partial charge on any atom is -0.327 e. The third-order valence-electron chi connectivity index (χ3n) is 5.00. The molecule has 0 aromatic heterocycles. The molecule has 2 aromatic carbocycles. The van der Waals surface area contributed by atoms with Crippen LogP contribution < -0.4 is 20.9 Å². The Hall–Kier alpha value is -3.19. The Morgan fingerprint density at radius 3 is 1.97 bits per heavy atom. The van der Waals surface area contributed by atoms with E-state index in [1.165, 1.54) is 11.8 Å². The molecule has 29 heavy (non-hydrogen) atoms. The molecule has 3 amide bonds. The van der Waals surface area contributed by atoms with E-state index in [0.717, 1.165) is 31.6 Å².